The fourth-order valence-electron chi connectivity index (χ4n) is 3.91. The van der Waals surface area contributed by atoms with E-state index in [9.17, 15) is 0 Å². The summed E-state index contributed by atoms with van der Waals surface area (Å²) in [5.74, 6) is 1.77. The van der Waals surface area contributed by atoms with E-state index >= 15 is 0 Å². The summed E-state index contributed by atoms with van der Waals surface area (Å²) < 4.78 is 10.8. The second-order valence-corrected chi connectivity index (χ2v) is 7.35. The van der Waals surface area contributed by atoms with E-state index in [4.69, 9.17) is 9.47 Å². The van der Waals surface area contributed by atoms with Crippen molar-refractivity contribution >= 4 is 29.9 Å². The maximum absolute atomic E-state index is 5.44. The van der Waals surface area contributed by atoms with Crippen molar-refractivity contribution in [1.82, 2.24) is 15.5 Å². The monoisotopic (exact) mass is 514 g/mol. The Labute approximate surface area is 192 Å². The molecular formula is C22H35IN4O2. The largest absolute Gasteiger partial charge is 0.497 e. The van der Waals surface area contributed by atoms with E-state index in [1.165, 1.54) is 24.0 Å². The molecule has 1 aromatic carbocycles. The zero-order chi connectivity index (χ0) is 19.6. The highest BCUT2D eigenvalue weighted by Gasteiger charge is 2.24. The smallest absolute Gasteiger partial charge is 0.191 e. The summed E-state index contributed by atoms with van der Waals surface area (Å²) in [6.07, 6.45) is 6.82. The van der Waals surface area contributed by atoms with E-state index < -0.39 is 0 Å². The molecule has 1 saturated heterocycles. The lowest BCUT2D eigenvalue weighted by Gasteiger charge is -2.29. The number of likely N-dealkylation sites (tertiary alicyclic amines) is 1. The predicted octanol–water partition coefficient (Wildman–Crippen LogP) is 3.35. The minimum atomic E-state index is 0. The summed E-state index contributed by atoms with van der Waals surface area (Å²) in [4.78, 5) is 6.96. The van der Waals surface area contributed by atoms with Gasteiger partial charge in [0.2, 0.25) is 0 Å². The molecule has 2 heterocycles. The third-order valence-corrected chi connectivity index (χ3v) is 5.54. The Bertz CT molecular complexity index is 675. The van der Waals surface area contributed by atoms with Crippen molar-refractivity contribution in [2.24, 2.45) is 4.99 Å². The fourth-order valence-corrected chi connectivity index (χ4v) is 3.91. The SMILES string of the molecule is CN=C(NCCC1=CCOCC1)NCC(c1cccc(OC)c1)N1CCCC1.I. The molecule has 1 atom stereocenters. The Kier molecular flexibility index (Phi) is 10.8. The molecule has 0 spiro atoms. The molecule has 29 heavy (non-hydrogen) atoms. The third kappa shape index (κ3) is 7.46. The number of ether oxygens (including phenoxy) is 2. The first-order valence-electron chi connectivity index (χ1n) is 10.4. The van der Waals surface area contributed by atoms with Crippen molar-refractivity contribution in [3.8, 4) is 5.75 Å². The Morgan fingerprint density at radius 3 is 2.79 bits per heavy atom. The minimum Gasteiger partial charge on any atom is -0.497 e. The molecule has 7 heteroatoms. The summed E-state index contributed by atoms with van der Waals surface area (Å²) in [5.41, 5.74) is 2.76. The van der Waals surface area contributed by atoms with Gasteiger partial charge in [0.25, 0.3) is 0 Å². The second-order valence-electron chi connectivity index (χ2n) is 7.35. The maximum atomic E-state index is 5.44. The Morgan fingerprint density at radius 1 is 1.28 bits per heavy atom. The summed E-state index contributed by atoms with van der Waals surface area (Å²) in [6.45, 7) is 5.59. The van der Waals surface area contributed by atoms with E-state index in [1.807, 2.05) is 13.1 Å². The highest BCUT2D eigenvalue weighted by atomic mass is 127. The lowest BCUT2D eigenvalue weighted by molar-refractivity contribution is 0.153. The van der Waals surface area contributed by atoms with Crippen LogP contribution in [0.15, 0.2) is 40.9 Å². The molecule has 2 aliphatic rings. The van der Waals surface area contributed by atoms with Gasteiger partial charge in [-0.05, 0) is 56.5 Å². The number of nitrogens with zero attached hydrogens (tertiary/aromatic N) is 2. The molecule has 0 saturated carbocycles. The summed E-state index contributed by atoms with van der Waals surface area (Å²) in [5, 5.41) is 6.98. The van der Waals surface area contributed by atoms with Crippen LogP contribution in [0.3, 0.4) is 0 Å². The van der Waals surface area contributed by atoms with Gasteiger partial charge in [-0.15, -0.1) is 24.0 Å². The van der Waals surface area contributed by atoms with Gasteiger partial charge >= 0.3 is 0 Å². The number of benzene rings is 1. The average Bonchev–Trinajstić information content (AvgIpc) is 3.28. The van der Waals surface area contributed by atoms with Gasteiger partial charge < -0.3 is 20.1 Å². The number of guanidine groups is 1. The number of hydrogen-bond donors (Lipinski definition) is 2. The van der Waals surface area contributed by atoms with Gasteiger partial charge in [-0.1, -0.05) is 23.8 Å². The maximum Gasteiger partial charge on any atom is 0.191 e. The van der Waals surface area contributed by atoms with Crippen molar-refractivity contribution in [3.63, 3.8) is 0 Å². The van der Waals surface area contributed by atoms with Crippen LogP contribution in [0, 0.1) is 0 Å². The molecular weight excluding hydrogens is 479 g/mol. The van der Waals surface area contributed by atoms with Crippen LogP contribution in [0.2, 0.25) is 0 Å². The molecule has 2 aliphatic heterocycles. The summed E-state index contributed by atoms with van der Waals surface area (Å²) >= 11 is 0. The first-order chi connectivity index (χ1) is 13.8. The number of halogens is 1. The van der Waals surface area contributed by atoms with Crippen molar-refractivity contribution in [1.29, 1.82) is 0 Å². The van der Waals surface area contributed by atoms with Gasteiger partial charge in [0.15, 0.2) is 5.96 Å². The first kappa shape index (κ1) is 24.0. The van der Waals surface area contributed by atoms with Gasteiger partial charge in [-0.2, -0.15) is 0 Å². The summed E-state index contributed by atoms with van der Waals surface area (Å²) in [6, 6.07) is 8.74. The number of aliphatic imine (C=N–C) groups is 1. The van der Waals surface area contributed by atoms with E-state index in [1.54, 1.807) is 7.11 Å². The van der Waals surface area contributed by atoms with E-state index in [2.05, 4.69) is 44.8 Å². The van der Waals surface area contributed by atoms with Crippen LogP contribution < -0.4 is 15.4 Å². The molecule has 3 rings (SSSR count). The van der Waals surface area contributed by atoms with Crippen molar-refractivity contribution in [3.05, 3.63) is 41.5 Å². The number of nitrogens with one attached hydrogen (secondary N) is 2. The molecule has 1 aromatic rings. The first-order valence-corrected chi connectivity index (χ1v) is 10.4. The molecule has 6 nitrogen and oxygen atoms in total. The Balaban J connectivity index is 0.00000300. The van der Waals surface area contributed by atoms with E-state index in [-0.39, 0.29) is 24.0 Å². The van der Waals surface area contributed by atoms with Crippen molar-refractivity contribution in [2.75, 3.05) is 53.6 Å². The molecule has 0 aliphatic carbocycles. The highest BCUT2D eigenvalue weighted by molar-refractivity contribution is 14.0. The molecule has 0 radical (unpaired) electrons. The van der Waals surface area contributed by atoms with Crippen molar-refractivity contribution in [2.45, 2.75) is 31.7 Å². The zero-order valence-electron chi connectivity index (χ0n) is 17.7. The van der Waals surface area contributed by atoms with Gasteiger partial charge in [-0.3, -0.25) is 9.89 Å². The van der Waals surface area contributed by atoms with Crippen LogP contribution in [0.4, 0.5) is 0 Å². The standard InChI is InChI=1S/C22H34N4O2.HI/c1-23-22(24-11-8-18-9-14-28-15-10-18)25-17-21(26-12-3-4-13-26)19-6-5-7-20(16-19)27-2;/h5-7,9,16,21H,3-4,8,10-15,17H2,1-2H3,(H2,23,24,25);1H. The Hall–Kier alpha value is -1.32. The molecule has 1 fully saturated rings. The van der Waals surface area contributed by atoms with Crippen molar-refractivity contribution < 1.29 is 9.47 Å². The van der Waals surface area contributed by atoms with Crippen LogP contribution in [0.1, 0.15) is 37.3 Å². The normalized spacial score (nSPS) is 18.6. The quantitative estimate of drug-likeness (QED) is 0.241. The molecule has 2 N–H and O–H groups in total. The van der Waals surface area contributed by atoms with Gasteiger partial charge in [-0.25, -0.2) is 0 Å². The second kappa shape index (κ2) is 13.1. The molecule has 162 valence electrons. The topological polar surface area (TPSA) is 58.1 Å². The average molecular weight is 514 g/mol. The van der Waals surface area contributed by atoms with Gasteiger partial charge in [0.1, 0.15) is 5.75 Å². The number of methoxy groups -OCH3 is 1. The van der Waals surface area contributed by atoms with E-state index in [0.717, 1.165) is 63.9 Å². The molecule has 1 unspecified atom stereocenters. The Morgan fingerprint density at radius 2 is 2.10 bits per heavy atom. The van der Waals surface area contributed by atoms with Crippen LogP contribution >= 0.6 is 24.0 Å². The van der Waals surface area contributed by atoms with Crippen LogP contribution in [0.25, 0.3) is 0 Å². The molecule has 0 bridgehead atoms. The highest BCUT2D eigenvalue weighted by Crippen LogP contribution is 2.27. The van der Waals surface area contributed by atoms with Gasteiger partial charge in [0.05, 0.1) is 26.4 Å². The van der Waals surface area contributed by atoms with Gasteiger partial charge in [0, 0.05) is 20.1 Å². The zero-order valence-corrected chi connectivity index (χ0v) is 20.0. The lowest BCUT2D eigenvalue weighted by Crippen LogP contribution is -2.43. The lowest BCUT2D eigenvalue weighted by atomic mass is 10.1. The van der Waals surface area contributed by atoms with Crippen LogP contribution in [-0.4, -0.2) is 64.4 Å². The van der Waals surface area contributed by atoms with Crippen LogP contribution in [-0.2, 0) is 4.74 Å². The fraction of sp³-hybridized carbons (Fsp3) is 0.591. The minimum absolute atomic E-state index is 0. The van der Waals surface area contributed by atoms with E-state index in [0.29, 0.717) is 6.04 Å². The summed E-state index contributed by atoms with van der Waals surface area (Å²) in [7, 11) is 3.56. The molecule has 0 amide bonds. The van der Waals surface area contributed by atoms with Crippen LogP contribution in [0.5, 0.6) is 5.75 Å². The number of hydrogen-bond acceptors (Lipinski definition) is 4. The third-order valence-electron chi connectivity index (χ3n) is 5.54. The molecule has 0 aromatic heterocycles. The number of rotatable bonds is 8. The predicted molar refractivity (Wildman–Crippen MR) is 129 cm³/mol.